The molecule has 0 spiro atoms. The summed E-state index contributed by atoms with van der Waals surface area (Å²) in [5, 5.41) is 26.7. The number of carboxylic acid groups (broad SMARTS) is 2. The Balaban J connectivity index is 2.63. The summed E-state index contributed by atoms with van der Waals surface area (Å²) in [7, 11) is 0. The van der Waals surface area contributed by atoms with Gasteiger partial charge in [0.1, 0.15) is 0 Å². The summed E-state index contributed by atoms with van der Waals surface area (Å²) < 4.78 is -3.86. The third kappa shape index (κ3) is 8.27. The topological polar surface area (TPSA) is 133 Å². The molecule has 4 N–H and O–H groups in total. The molecule has 0 bridgehead atoms. The highest BCUT2D eigenvalue weighted by Gasteiger charge is 2.67. The molecule has 0 heterocycles. The van der Waals surface area contributed by atoms with Crippen molar-refractivity contribution in [3.05, 3.63) is 31.5 Å². The maximum atomic E-state index is 14.0. The van der Waals surface area contributed by atoms with Crippen LogP contribution in [0.4, 0.5) is 0 Å². The Morgan fingerprint density at radius 3 is 1.55 bits per heavy atom. The lowest BCUT2D eigenvalue weighted by atomic mass is 9.73. The van der Waals surface area contributed by atoms with Crippen molar-refractivity contribution < 1.29 is 29.4 Å². The molecule has 1 aromatic carbocycles. The van der Waals surface area contributed by atoms with Crippen LogP contribution in [0.2, 0.25) is 0 Å². The van der Waals surface area contributed by atoms with E-state index < -0.39 is 38.0 Å². The average Bonchev–Trinajstić information content (AvgIpc) is 2.93. The first-order valence-corrected chi connectivity index (χ1v) is 17.7. The van der Waals surface area contributed by atoms with Crippen molar-refractivity contribution in [1.29, 1.82) is 0 Å². The fourth-order valence-electron chi connectivity index (χ4n) is 5.17. The van der Waals surface area contributed by atoms with E-state index in [0.29, 0.717) is 28.3 Å². The SMILES string of the molecule is CCCCCCCCNC(=O)C1=c2cc(Br)c(Br)cc2=C(C(=O)O)C(Br)(C(=O)O)C1(Br)C(=O)NCCCCCCCC. The number of benzene rings is 1. The minimum atomic E-state index is -2.52. The Morgan fingerprint density at radius 2 is 1.10 bits per heavy atom. The van der Waals surface area contributed by atoms with Gasteiger partial charge in [-0.05, 0) is 67.3 Å². The minimum Gasteiger partial charge on any atom is -0.480 e. The number of alkyl halides is 2. The normalized spacial score (nSPS) is 19.8. The predicted molar refractivity (Wildman–Crippen MR) is 179 cm³/mol. The molecule has 1 aliphatic carbocycles. The molecule has 2 unspecified atom stereocenters. The number of rotatable bonds is 18. The Kier molecular flexibility index (Phi) is 15.2. The highest BCUT2D eigenvalue weighted by atomic mass is 79.9. The van der Waals surface area contributed by atoms with Crippen molar-refractivity contribution >= 4 is 98.6 Å². The average molecular weight is 844 g/mol. The zero-order valence-corrected chi connectivity index (χ0v) is 30.4. The number of amides is 2. The van der Waals surface area contributed by atoms with Gasteiger partial charge in [0.25, 0.3) is 0 Å². The first-order valence-electron chi connectivity index (χ1n) is 14.5. The zero-order valence-electron chi connectivity index (χ0n) is 24.1. The van der Waals surface area contributed by atoms with E-state index >= 15 is 0 Å². The standard InChI is InChI=1S/C30H40Br4N2O6/c1-3-5-7-9-11-13-15-35-25(37)23-19-17-21(31)22(32)18-20(19)24(26(38)39)30(34,28(41)42)29(23,33)27(40)36-16-14-12-10-8-6-4-2/h17-18H,3-16H2,1-2H3,(H,35,37)(H,36,40)(H,38,39)(H,41,42). The van der Waals surface area contributed by atoms with E-state index in [0.717, 1.165) is 64.2 Å². The molecule has 234 valence electrons. The molecule has 42 heavy (non-hydrogen) atoms. The molecule has 1 aliphatic rings. The van der Waals surface area contributed by atoms with E-state index in [-0.39, 0.29) is 22.6 Å². The summed E-state index contributed by atoms with van der Waals surface area (Å²) in [6.07, 6.45) is 11.9. The van der Waals surface area contributed by atoms with Gasteiger partial charge in [-0.2, -0.15) is 0 Å². The van der Waals surface area contributed by atoms with Gasteiger partial charge in [0.2, 0.25) is 11.8 Å². The maximum Gasteiger partial charge on any atom is 0.334 e. The van der Waals surface area contributed by atoms with E-state index in [1.165, 1.54) is 12.1 Å². The quantitative estimate of drug-likeness (QED) is 0.107. The lowest BCUT2D eigenvalue weighted by molar-refractivity contribution is -0.142. The number of unbranched alkanes of at least 4 members (excludes halogenated alkanes) is 10. The third-order valence-electron chi connectivity index (χ3n) is 7.44. The van der Waals surface area contributed by atoms with E-state index in [1.54, 1.807) is 0 Å². The van der Waals surface area contributed by atoms with Crippen molar-refractivity contribution in [2.75, 3.05) is 13.1 Å². The number of fused-ring (bicyclic) bond motifs is 1. The summed E-state index contributed by atoms with van der Waals surface area (Å²) in [6, 6.07) is 2.98. The summed E-state index contributed by atoms with van der Waals surface area (Å²) in [5.74, 6) is -4.63. The molecule has 1 aromatic rings. The summed E-state index contributed by atoms with van der Waals surface area (Å²) in [4.78, 5) is 53.6. The van der Waals surface area contributed by atoms with Crippen LogP contribution in [0.1, 0.15) is 90.9 Å². The number of hydrogen-bond donors (Lipinski definition) is 4. The first-order chi connectivity index (χ1) is 19.9. The number of carbonyl (C=O) groups is 4. The molecule has 12 heteroatoms. The van der Waals surface area contributed by atoms with Gasteiger partial charge < -0.3 is 20.8 Å². The number of nitrogens with one attached hydrogen (secondary N) is 2. The van der Waals surface area contributed by atoms with Crippen LogP contribution in [0.15, 0.2) is 21.1 Å². The number of hydrogen-bond acceptors (Lipinski definition) is 4. The number of halogens is 4. The Labute approximate surface area is 281 Å². The van der Waals surface area contributed by atoms with Crippen molar-refractivity contribution in [1.82, 2.24) is 10.6 Å². The first kappa shape index (κ1) is 36.9. The van der Waals surface area contributed by atoms with Crippen molar-refractivity contribution in [2.24, 2.45) is 0 Å². The monoisotopic (exact) mass is 840 g/mol. The minimum absolute atomic E-state index is 0.0142. The molecule has 2 atom stereocenters. The van der Waals surface area contributed by atoms with Crippen LogP contribution in [0, 0.1) is 0 Å². The van der Waals surface area contributed by atoms with Gasteiger partial charge in [-0.15, -0.1) is 0 Å². The molecule has 0 saturated carbocycles. The fourth-order valence-corrected chi connectivity index (χ4v) is 7.52. The van der Waals surface area contributed by atoms with Crippen LogP contribution in [0.5, 0.6) is 0 Å². The summed E-state index contributed by atoms with van der Waals surface area (Å²) in [6.45, 7) is 4.83. The molecule has 2 rings (SSSR count). The Hall–Kier alpha value is -1.24. The van der Waals surface area contributed by atoms with Crippen molar-refractivity contribution in [2.45, 2.75) is 99.5 Å². The van der Waals surface area contributed by atoms with Gasteiger partial charge in [0, 0.05) is 22.0 Å². The molecule has 0 aromatic heterocycles. The summed E-state index contributed by atoms with van der Waals surface area (Å²) >= 11 is 13.3. The van der Waals surface area contributed by atoms with Crippen LogP contribution >= 0.6 is 63.7 Å². The molecule has 8 nitrogen and oxygen atoms in total. The van der Waals surface area contributed by atoms with Gasteiger partial charge in [-0.1, -0.05) is 110 Å². The van der Waals surface area contributed by atoms with Gasteiger partial charge in [-0.25, -0.2) is 4.79 Å². The van der Waals surface area contributed by atoms with Crippen LogP contribution in [-0.2, 0) is 19.2 Å². The van der Waals surface area contributed by atoms with Gasteiger partial charge in [-0.3, -0.25) is 14.4 Å². The van der Waals surface area contributed by atoms with Crippen LogP contribution in [0.25, 0.3) is 11.1 Å². The smallest absolute Gasteiger partial charge is 0.334 e. The lowest BCUT2D eigenvalue weighted by Crippen LogP contribution is -2.68. The lowest BCUT2D eigenvalue weighted by Gasteiger charge is -2.42. The van der Waals surface area contributed by atoms with Gasteiger partial charge >= 0.3 is 11.9 Å². The third-order valence-corrected chi connectivity index (χ3v) is 12.5. The molecule has 0 aliphatic heterocycles. The van der Waals surface area contributed by atoms with Crippen LogP contribution in [0.3, 0.4) is 0 Å². The van der Waals surface area contributed by atoms with E-state index in [2.05, 4.69) is 88.2 Å². The second kappa shape index (κ2) is 17.3. The zero-order chi connectivity index (χ0) is 31.5. The molecular weight excluding hydrogens is 804 g/mol. The molecule has 2 amide bonds. The van der Waals surface area contributed by atoms with E-state index in [9.17, 15) is 29.4 Å². The number of carboxylic acids is 2. The maximum absolute atomic E-state index is 14.0. The van der Waals surface area contributed by atoms with Gasteiger partial charge in [0.05, 0.1) is 11.1 Å². The largest absolute Gasteiger partial charge is 0.480 e. The van der Waals surface area contributed by atoms with Crippen molar-refractivity contribution in [3.8, 4) is 0 Å². The van der Waals surface area contributed by atoms with Crippen LogP contribution < -0.4 is 21.1 Å². The molecule has 0 fully saturated rings. The van der Waals surface area contributed by atoms with Gasteiger partial charge in [0.15, 0.2) is 8.65 Å². The Morgan fingerprint density at radius 1 is 0.667 bits per heavy atom. The summed E-state index contributed by atoms with van der Waals surface area (Å²) in [5.41, 5.74) is -0.751. The molecule has 0 radical (unpaired) electrons. The second-order valence-corrected chi connectivity index (χ2v) is 14.6. The second-order valence-electron chi connectivity index (χ2n) is 10.5. The number of carbonyl (C=O) groups excluding carboxylic acids is 2. The Bertz CT molecular complexity index is 1290. The highest BCUT2D eigenvalue weighted by molar-refractivity contribution is 9.13. The number of aliphatic carboxylic acids is 2. The predicted octanol–water partition coefficient (Wildman–Crippen LogP) is 5.92. The van der Waals surface area contributed by atoms with Crippen LogP contribution in [-0.4, -0.2) is 55.7 Å². The molecule has 0 saturated heterocycles. The highest BCUT2D eigenvalue weighted by Crippen LogP contribution is 2.51. The van der Waals surface area contributed by atoms with E-state index in [1.807, 2.05) is 0 Å². The van der Waals surface area contributed by atoms with E-state index in [4.69, 9.17) is 0 Å². The fraction of sp³-hybridized carbons (Fsp3) is 0.600. The van der Waals surface area contributed by atoms with Crippen molar-refractivity contribution in [3.63, 3.8) is 0 Å². The molecular formula is C30H40Br4N2O6.